The summed E-state index contributed by atoms with van der Waals surface area (Å²) in [5.41, 5.74) is 0. The van der Waals surface area contributed by atoms with E-state index in [1.807, 2.05) is 13.8 Å². The van der Waals surface area contributed by atoms with E-state index in [4.69, 9.17) is 9.47 Å². The van der Waals surface area contributed by atoms with Crippen molar-refractivity contribution in [1.82, 2.24) is 4.90 Å². The van der Waals surface area contributed by atoms with E-state index in [1.54, 1.807) is 14.2 Å². The summed E-state index contributed by atoms with van der Waals surface area (Å²) in [4.78, 5) is 12.6. The molecule has 0 aliphatic carbocycles. The van der Waals surface area contributed by atoms with Gasteiger partial charge in [0.05, 0.1) is 6.61 Å². The molecule has 4 heteroatoms. The second-order valence-electron chi connectivity index (χ2n) is 2.81. The lowest BCUT2D eigenvalue weighted by molar-refractivity contribution is 0.0716. The van der Waals surface area contributed by atoms with Crippen LogP contribution in [0.4, 0.5) is 4.79 Å². The first-order valence-electron chi connectivity index (χ1n) is 3.98. The molecule has 12 heavy (non-hydrogen) atoms. The monoisotopic (exact) mass is 175 g/mol. The Morgan fingerprint density at radius 1 is 1.42 bits per heavy atom. The first kappa shape index (κ1) is 11.2. The van der Waals surface area contributed by atoms with Gasteiger partial charge in [0.2, 0.25) is 0 Å². The standard InChI is InChI=1S/C8H17NO3/c1-7(2)9(3)8(10)12-6-5-11-4/h7H,5-6H2,1-4H3. The number of hydrogen-bond acceptors (Lipinski definition) is 3. The van der Waals surface area contributed by atoms with Gasteiger partial charge in [-0.2, -0.15) is 0 Å². The van der Waals surface area contributed by atoms with Gasteiger partial charge in [0.25, 0.3) is 0 Å². The highest BCUT2D eigenvalue weighted by atomic mass is 16.6. The molecule has 1 amide bonds. The van der Waals surface area contributed by atoms with E-state index < -0.39 is 0 Å². The lowest BCUT2D eigenvalue weighted by Gasteiger charge is -2.20. The molecule has 0 aliphatic heterocycles. The Bertz CT molecular complexity index is 136. The van der Waals surface area contributed by atoms with Crippen LogP contribution in [-0.4, -0.2) is 44.4 Å². The van der Waals surface area contributed by atoms with Crippen LogP contribution in [0.1, 0.15) is 13.8 Å². The highest BCUT2D eigenvalue weighted by Gasteiger charge is 2.11. The molecule has 0 aliphatic rings. The zero-order chi connectivity index (χ0) is 9.56. The molecule has 0 fully saturated rings. The van der Waals surface area contributed by atoms with Crippen molar-refractivity contribution in [2.24, 2.45) is 0 Å². The lowest BCUT2D eigenvalue weighted by atomic mass is 10.4. The summed E-state index contributed by atoms with van der Waals surface area (Å²) in [6.07, 6.45) is -0.304. The van der Waals surface area contributed by atoms with Crippen LogP contribution in [0.5, 0.6) is 0 Å². The van der Waals surface area contributed by atoms with Gasteiger partial charge in [-0.15, -0.1) is 0 Å². The van der Waals surface area contributed by atoms with Crippen molar-refractivity contribution in [3.05, 3.63) is 0 Å². The smallest absolute Gasteiger partial charge is 0.409 e. The van der Waals surface area contributed by atoms with Crippen LogP contribution < -0.4 is 0 Å². The Balaban J connectivity index is 3.57. The second kappa shape index (κ2) is 5.83. The Labute approximate surface area is 73.4 Å². The van der Waals surface area contributed by atoms with Gasteiger partial charge in [-0.1, -0.05) is 0 Å². The number of carbonyl (C=O) groups is 1. The number of ether oxygens (including phenoxy) is 2. The largest absolute Gasteiger partial charge is 0.447 e. The maximum absolute atomic E-state index is 11.1. The summed E-state index contributed by atoms with van der Waals surface area (Å²) in [5.74, 6) is 0. The maximum atomic E-state index is 11.1. The van der Waals surface area contributed by atoms with Gasteiger partial charge in [-0.25, -0.2) is 4.79 Å². The number of hydrogen-bond donors (Lipinski definition) is 0. The number of amides is 1. The van der Waals surface area contributed by atoms with E-state index >= 15 is 0 Å². The highest BCUT2D eigenvalue weighted by Crippen LogP contribution is 1.96. The van der Waals surface area contributed by atoms with Crippen molar-refractivity contribution >= 4 is 6.09 Å². The van der Waals surface area contributed by atoms with Crippen molar-refractivity contribution < 1.29 is 14.3 Å². The van der Waals surface area contributed by atoms with E-state index in [0.717, 1.165) is 0 Å². The Hall–Kier alpha value is -0.770. The van der Waals surface area contributed by atoms with Crippen LogP contribution in [-0.2, 0) is 9.47 Å². The number of rotatable bonds is 4. The normalized spacial score (nSPS) is 10.1. The van der Waals surface area contributed by atoms with Crippen molar-refractivity contribution in [3.8, 4) is 0 Å². The summed E-state index contributed by atoms with van der Waals surface area (Å²) in [7, 11) is 3.28. The summed E-state index contributed by atoms with van der Waals surface area (Å²) < 4.78 is 9.60. The average molecular weight is 175 g/mol. The Morgan fingerprint density at radius 3 is 2.42 bits per heavy atom. The highest BCUT2D eigenvalue weighted by molar-refractivity contribution is 5.67. The average Bonchev–Trinajstić information content (AvgIpc) is 2.03. The van der Waals surface area contributed by atoms with Gasteiger partial charge in [-0.3, -0.25) is 0 Å². The molecule has 0 saturated carbocycles. The van der Waals surface area contributed by atoms with Crippen LogP contribution in [0, 0.1) is 0 Å². The van der Waals surface area contributed by atoms with Crippen molar-refractivity contribution in [3.63, 3.8) is 0 Å². The van der Waals surface area contributed by atoms with Crippen LogP contribution in [0.2, 0.25) is 0 Å². The minimum absolute atomic E-state index is 0.167. The van der Waals surface area contributed by atoms with Gasteiger partial charge >= 0.3 is 6.09 Å². The molecule has 4 nitrogen and oxygen atoms in total. The van der Waals surface area contributed by atoms with Gasteiger partial charge in [0, 0.05) is 20.2 Å². The Kier molecular flexibility index (Phi) is 5.45. The third kappa shape index (κ3) is 4.18. The molecular weight excluding hydrogens is 158 g/mol. The molecule has 0 rings (SSSR count). The van der Waals surface area contributed by atoms with Crippen molar-refractivity contribution in [2.75, 3.05) is 27.4 Å². The van der Waals surface area contributed by atoms with Gasteiger partial charge in [-0.05, 0) is 13.8 Å². The molecule has 0 aromatic carbocycles. The SMILES string of the molecule is COCCOC(=O)N(C)C(C)C. The Morgan fingerprint density at radius 2 is 2.00 bits per heavy atom. The predicted molar refractivity (Wildman–Crippen MR) is 46.1 cm³/mol. The van der Waals surface area contributed by atoms with Crippen molar-refractivity contribution in [2.45, 2.75) is 19.9 Å². The van der Waals surface area contributed by atoms with Gasteiger partial charge in [0.1, 0.15) is 6.61 Å². The maximum Gasteiger partial charge on any atom is 0.409 e. The number of methoxy groups -OCH3 is 1. The van der Waals surface area contributed by atoms with Gasteiger partial charge in [0.15, 0.2) is 0 Å². The molecule has 0 atom stereocenters. The molecule has 72 valence electrons. The summed E-state index contributed by atoms with van der Waals surface area (Å²) in [6.45, 7) is 4.61. The third-order valence-corrected chi connectivity index (χ3v) is 1.58. The van der Waals surface area contributed by atoms with E-state index in [2.05, 4.69) is 0 Å². The van der Waals surface area contributed by atoms with Crippen LogP contribution in [0.15, 0.2) is 0 Å². The second-order valence-corrected chi connectivity index (χ2v) is 2.81. The van der Waals surface area contributed by atoms with Crippen LogP contribution in [0.25, 0.3) is 0 Å². The fourth-order valence-electron chi connectivity index (χ4n) is 0.525. The molecular formula is C8H17NO3. The topological polar surface area (TPSA) is 38.8 Å². The molecule has 0 N–H and O–H groups in total. The fraction of sp³-hybridized carbons (Fsp3) is 0.875. The van der Waals surface area contributed by atoms with Crippen molar-refractivity contribution in [1.29, 1.82) is 0 Å². The zero-order valence-electron chi connectivity index (χ0n) is 8.16. The molecule has 0 unspecified atom stereocenters. The molecule has 0 heterocycles. The minimum Gasteiger partial charge on any atom is -0.447 e. The van der Waals surface area contributed by atoms with Crippen LogP contribution >= 0.6 is 0 Å². The molecule has 0 aromatic rings. The summed E-state index contributed by atoms with van der Waals surface area (Å²) in [6, 6.07) is 0.167. The predicted octanol–water partition coefficient (Wildman–Crippen LogP) is 1.11. The quantitative estimate of drug-likeness (QED) is 0.601. The number of nitrogens with zero attached hydrogens (tertiary/aromatic N) is 1. The third-order valence-electron chi connectivity index (χ3n) is 1.58. The number of carbonyl (C=O) groups excluding carboxylic acids is 1. The van der Waals surface area contributed by atoms with E-state index in [-0.39, 0.29) is 12.1 Å². The fourth-order valence-corrected chi connectivity index (χ4v) is 0.525. The lowest BCUT2D eigenvalue weighted by Crippen LogP contribution is -2.34. The zero-order valence-corrected chi connectivity index (χ0v) is 8.16. The molecule has 0 aromatic heterocycles. The van der Waals surface area contributed by atoms with E-state index in [0.29, 0.717) is 13.2 Å². The van der Waals surface area contributed by atoms with E-state index in [1.165, 1.54) is 4.90 Å². The van der Waals surface area contributed by atoms with E-state index in [9.17, 15) is 4.79 Å². The minimum atomic E-state index is -0.304. The molecule has 0 saturated heterocycles. The molecule has 0 radical (unpaired) electrons. The first-order chi connectivity index (χ1) is 5.59. The molecule has 0 bridgehead atoms. The molecule has 0 spiro atoms. The first-order valence-corrected chi connectivity index (χ1v) is 3.98. The van der Waals surface area contributed by atoms with Gasteiger partial charge < -0.3 is 14.4 Å². The summed E-state index contributed by atoms with van der Waals surface area (Å²) >= 11 is 0. The van der Waals surface area contributed by atoms with Crippen LogP contribution in [0.3, 0.4) is 0 Å². The summed E-state index contributed by atoms with van der Waals surface area (Å²) in [5, 5.41) is 0.